The summed E-state index contributed by atoms with van der Waals surface area (Å²) in [5.74, 6) is -3.05. The van der Waals surface area contributed by atoms with E-state index in [4.69, 9.17) is 4.74 Å². The number of halogens is 4. The molecule has 1 saturated heterocycles. The van der Waals surface area contributed by atoms with Gasteiger partial charge < -0.3 is 20.4 Å². The molecule has 2 heterocycles. The van der Waals surface area contributed by atoms with Crippen molar-refractivity contribution in [1.29, 1.82) is 0 Å². The molecule has 226 valence electrons. The lowest BCUT2D eigenvalue weighted by molar-refractivity contribution is -0.116. The fourth-order valence-electron chi connectivity index (χ4n) is 5.63. The number of anilines is 1. The number of carbonyl (C=O) groups is 1. The maximum absolute atomic E-state index is 15.0. The average molecular weight is 603 g/mol. The summed E-state index contributed by atoms with van der Waals surface area (Å²) in [5, 5.41) is 6.22. The van der Waals surface area contributed by atoms with E-state index in [1.807, 2.05) is 24.3 Å². The van der Waals surface area contributed by atoms with Crippen LogP contribution in [0.15, 0.2) is 84.9 Å². The topological polar surface area (TPSA) is 79.0 Å². The second-order valence-electron chi connectivity index (χ2n) is 10.9. The van der Waals surface area contributed by atoms with Gasteiger partial charge in [-0.15, -0.1) is 0 Å². The molecule has 1 amide bonds. The van der Waals surface area contributed by atoms with E-state index in [-0.39, 0.29) is 24.1 Å². The van der Waals surface area contributed by atoms with Crippen molar-refractivity contribution in [3.8, 4) is 0 Å². The Morgan fingerprint density at radius 1 is 0.932 bits per heavy atom. The molecule has 1 aromatic heterocycles. The predicted molar refractivity (Wildman–Crippen MR) is 159 cm³/mol. The number of morpholine rings is 1. The zero-order valence-corrected chi connectivity index (χ0v) is 23.6. The minimum absolute atomic E-state index is 0.0931. The molecule has 0 saturated carbocycles. The van der Waals surface area contributed by atoms with E-state index in [2.05, 4.69) is 20.6 Å². The number of fused-ring (bicyclic) bond motifs is 1. The quantitative estimate of drug-likeness (QED) is 0.160. The second-order valence-corrected chi connectivity index (χ2v) is 10.9. The molecule has 5 aromatic rings. The number of nitrogens with one attached hydrogen (secondary N) is 3. The number of aromatic amines is 1. The van der Waals surface area contributed by atoms with E-state index in [0.29, 0.717) is 42.8 Å². The number of benzene rings is 4. The molecule has 1 unspecified atom stereocenters. The Balaban J connectivity index is 1.11. The minimum Gasteiger partial charge on any atom is -0.375 e. The molecule has 4 aromatic carbocycles. The molecule has 10 heteroatoms. The Labute approximate surface area is 251 Å². The molecule has 44 heavy (non-hydrogen) atoms. The first-order valence-electron chi connectivity index (χ1n) is 14.4. The Morgan fingerprint density at radius 3 is 2.48 bits per heavy atom. The first-order chi connectivity index (χ1) is 21.3. The molecule has 1 aliphatic rings. The number of hydrogen-bond acceptors (Lipinski definition) is 4. The summed E-state index contributed by atoms with van der Waals surface area (Å²) in [6.07, 6.45) is 0.395. The van der Waals surface area contributed by atoms with Crippen LogP contribution in [0.1, 0.15) is 47.3 Å². The fourth-order valence-corrected chi connectivity index (χ4v) is 5.63. The van der Waals surface area contributed by atoms with Crippen LogP contribution in [0.4, 0.5) is 23.2 Å². The number of para-hydroxylation sites is 2. The number of carbonyl (C=O) groups excluding carboxylic acids is 1. The van der Waals surface area contributed by atoms with Crippen LogP contribution in [0.2, 0.25) is 0 Å². The van der Waals surface area contributed by atoms with Crippen LogP contribution in [-0.4, -0.2) is 35.1 Å². The van der Waals surface area contributed by atoms with Crippen molar-refractivity contribution in [2.24, 2.45) is 0 Å². The molecule has 1 fully saturated rings. The van der Waals surface area contributed by atoms with Crippen LogP contribution in [0.3, 0.4) is 0 Å². The van der Waals surface area contributed by atoms with Gasteiger partial charge in [-0.25, -0.2) is 22.5 Å². The third-order valence-electron chi connectivity index (χ3n) is 7.94. The van der Waals surface area contributed by atoms with Gasteiger partial charge in [0.05, 0.1) is 29.8 Å². The van der Waals surface area contributed by atoms with Crippen LogP contribution >= 0.6 is 0 Å². The average Bonchev–Trinajstić information content (AvgIpc) is 3.45. The van der Waals surface area contributed by atoms with Crippen LogP contribution in [0.5, 0.6) is 0 Å². The van der Waals surface area contributed by atoms with Crippen molar-refractivity contribution >= 4 is 22.6 Å². The van der Waals surface area contributed by atoms with E-state index < -0.39 is 35.1 Å². The van der Waals surface area contributed by atoms with E-state index in [9.17, 15) is 18.0 Å². The van der Waals surface area contributed by atoms with Crippen LogP contribution < -0.4 is 10.6 Å². The molecule has 3 N–H and O–H groups in total. The van der Waals surface area contributed by atoms with Crippen molar-refractivity contribution in [3.05, 3.63) is 131 Å². The van der Waals surface area contributed by atoms with Gasteiger partial charge in [0.1, 0.15) is 29.1 Å². The maximum atomic E-state index is 15.0. The second kappa shape index (κ2) is 13.0. The van der Waals surface area contributed by atoms with E-state index in [1.54, 1.807) is 6.07 Å². The van der Waals surface area contributed by atoms with Gasteiger partial charge in [-0.05, 0) is 66.4 Å². The monoisotopic (exact) mass is 602 g/mol. The summed E-state index contributed by atoms with van der Waals surface area (Å²) in [5.41, 5.74) is 3.04. The molecule has 0 radical (unpaired) electrons. The Morgan fingerprint density at radius 2 is 1.73 bits per heavy atom. The number of aromatic nitrogens is 2. The third-order valence-corrected chi connectivity index (χ3v) is 7.94. The van der Waals surface area contributed by atoms with Crippen molar-refractivity contribution in [2.75, 3.05) is 18.5 Å². The van der Waals surface area contributed by atoms with Crippen LogP contribution in [0, 0.1) is 23.3 Å². The highest BCUT2D eigenvalue weighted by atomic mass is 19.1. The number of H-pyrrole nitrogens is 1. The number of rotatable bonds is 9. The summed E-state index contributed by atoms with van der Waals surface area (Å²) in [7, 11) is 0. The van der Waals surface area contributed by atoms with Gasteiger partial charge in [0, 0.05) is 36.2 Å². The first-order valence-corrected chi connectivity index (χ1v) is 14.4. The molecule has 0 spiro atoms. The van der Waals surface area contributed by atoms with Crippen molar-refractivity contribution in [2.45, 2.75) is 37.3 Å². The zero-order valence-electron chi connectivity index (χ0n) is 23.6. The Bertz CT molecular complexity index is 1730. The standard InChI is InChI=1S/C34H30F4N4O2/c35-21-10-8-20(9-11-21)26(24-14-12-22(36)16-28(24)38)17-33(43)40-29-7-3-4-27(37)25(29)15-13-23-18-39-32(19-44-23)34-41-30-5-1-2-6-31(30)42-34/h1-12,14,16,23,26,32,39H,13,15,17-19H2,(H,40,43)(H,41,42)/t23-,26?,32+/m1/s1. The molecule has 1 aliphatic heterocycles. The molecule has 3 atom stereocenters. The highest BCUT2D eigenvalue weighted by Crippen LogP contribution is 2.32. The lowest BCUT2D eigenvalue weighted by Gasteiger charge is -2.29. The van der Waals surface area contributed by atoms with Crippen molar-refractivity contribution < 1.29 is 27.1 Å². The lowest BCUT2D eigenvalue weighted by Crippen LogP contribution is -2.41. The molecule has 6 rings (SSSR count). The van der Waals surface area contributed by atoms with Crippen LogP contribution in [0.25, 0.3) is 11.0 Å². The first kappa shape index (κ1) is 29.5. The number of ether oxygens (including phenoxy) is 1. The third kappa shape index (κ3) is 6.66. The van der Waals surface area contributed by atoms with Crippen molar-refractivity contribution in [1.82, 2.24) is 15.3 Å². The SMILES string of the molecule is O=C(CC(c1ccc(F)cc1)c1ccc(F)cc1F)Nc1cccc(F)c1CC[C@@H]1CN[C@H](c2nc3ccccc3[nH]2)CO1. The van der Waals surface area contributed by atoms with Gasteiger partial charge in [0.15, 0.2) is 0 Å². The minimum atomic E-state index is -0.824. The number of amides is 1. The van der Waals surface area contributed by atoms with E-state index in [0.717, 1.165) is 29.0 Å². The molecular formula is C34H30F4N4O2. The van der Waals surface area contributed by atoms with E-state index >= 15 is 4.39 Å². The summed E-state index contributed by atoms with van der Waals surface area (Å²) in [6.45, 7) is 0.941. The number of nitrogens with zero attached hydrogens (tertiary/aromatic N) is 1. The largest absolute Gasteiger partial charge is 0.375 e. The molecule has 6 nitrogen and oxygen atoms in total. The molecule has 0 aliphatic carbocycles. The molecule has 0 bridgehead atoms. The van der Waals surface area contributed by atoms with Gasteiger partial charge in [0.2, 0.25) is 5.91 Å². The van der Waals surface area contributed by atoms with Crippen molar-refractivity contribution in [3.63, 3.8) is 0 Å². The van der Waals surface area contributed by atoms with Gasteiger partial charge >= 0.3 is 0 Å². The van der Waals surface area contributed by atoms with Crippen LogP contribution in [-0.2, 0) is 16.0 Å². The maximum Gasteiger partial charge on any atom is 0.225 e. The summed E-state index contributed by atoms with van der Waals surface area (Å²) >= 11 is 0. The zero-order chi connectivity index (χ0) is 30.6. The Hall–Kier alpha value is -4.54. The summed E-state index contributed by atoms with van der Waals surface area (Å²) in [4.78, 5) is 21.2. The highest BCUT2D eigenvalue weighted by Gasteiger charge is 2.26. The normalized spacial score (nSPS) is 17.5. The number of imidazole rings is 1. The van der Waals surface area contributed by atoms with E-state index in [1.165, 1.54) is 42.5 Å². The summed E-state index contributed by atoms with van der Waals surface area (Å²) < 4.78 is 63.1. The van der Waals surface area contributed by atoms with Gasteiger partial charge in [0.25, 0.3) is 0 Å². The number of hydrogen-bond donors (Lipinski definition) is 3. The smallest absolute Gasteiger partial charge is 0.225 e. The van der Waals surface area contributed by atoms with Gasteiger partial charge in [-0.1, -0.05) is 36.4 Å². The Kier molecular flexibility index (Phi) is 8.72. The lowest BCUT2D eigenvalue weighted by atomic mass is 9.87. The summed E-state index contributed by atoms with van der Waals surface area (Å²) in [6, 6.07) is 20.6. The fraction of sp³-hybridized carbons (Fsp3) is 0.235. The predicted octanol–water partition coefficient (Wildman–Crippen LogP) is 6.94. The van der Waals surface area contributed by atoms with Gasteiger partial charge in [-0.2, -0.15) is 0 Å². The molecular weight excluding hydrogens is 572 g/mol. The highest BCUT2D eigenvalue weighted by molar-refractivity contribution is 5.92. The van der Waals surface area contributed by atoms with Gasteiger partial charge in [-0.3, -0.25) is 4.79 Å².